The van der Waals surface area contributed by atoms with E-state index in [0.717, 1.165) is 4.90 Å². The first-order chi connectivity index (χ1) is 5.40. The number of nitrogens with zero attached hydrogens (tertiary/aromatic N) is 1. The second-order valence-corrected chi connectivity index (χ2v) is 2.85. The number of carbonyl (C=O) groups is 1. The normalized spacial score (nSPS) is 25.1. The van der Waals surface area contributed by atoms with Crippen molar-refractivity contribution in [3.05, 3.63) is 0 Å². The van der Waals surface area contributed by atoms with Crippen LogP contribution in [0, 0.1) is 0 Å². The molecule has 1 aliphatic heterocycles. The van der Waals surface area contributed by atoms with Crippen molar-refractivity contribution in [2.75, 3.05) is 13.0 Å². The smallest absolute Gasteiger partial charge is 0.480 e. The second-order valence-electron chi connectivity index (χ2n) is 2.85. The van der Waals surface area contributed by atoms with Crippen LogP contribution >= 0.6 is 0 Å². The lowest BCUT2D eigenvalue weighted by atomic mass is 9.87. The van der Waals surface area contributed by atoms with Crippen molar-refractivity contribution >= 4 is 12.9 Å². The molecule has 70 valence electrons. The third-order valence-corrected chi connectivity index (χ3v) is 1.86. The summed E-state index contributed by atoms with van der Waals surface area (Å²) in [5.74, 6) is -1.17. The molecule has 0 radical (unpaired) electrons. The number of carboxylic acid groups (broad SMARTS) is 1. The van der Waals surface area contributed by atoms with E-state index in [2.05, 4.69) is 0 Å². The molecule has 0 bridgehead atoms. The molecule has 12 heavy (non-hydrogen) atoms. The first-order valence-electron chi connectivity index (χ1n) is 3.58. The highest BCUT2D eigenvalue weighted by Crippen LogP contribution is 2.21. The van der Waals surface area contributed by atoms with E-state index in [0.29, 0.717) is 6.42 Å². The Labute approximate surface area is 67.2 Å². The number of aliphatic carboxylic acids is 1. The predicted molar refractivity (Wildman–Crippen MR) is 36.7 cm³/mol. The summed E-state index contributed by atoms with van der Waals surface area (Å²) < 4.78 is 35.4. The minimum Gasteiger partial charge on any atom is -0.480 e. The van der Waals surface area contributed by atoms with Crippen LogP contribution in [-0.2, 0) is 4.79 Å². The molecule has 0 aliphatic carbocycles. The largest absolute Gasteiger partial charge is 0.492 e. The number of hydrogen-bond donors (Lipinski definition) is 1. The van der Waals surface area contributed by atoms with Crippen molar-refractivity contribution in [2.45, 2.75) is 12.5 Å². The van der Waals surface area contributed by atoms with Crippen molar-refractivity contribution < 1.29 is 22.8 Å². The van der Waals surface area contributed by atoms with Gasteiger partial charge < -0.3 is 23.0 Å². The molecule has 0 amide bonds. The van der Waals surface area contributed by atoms with Gasteiger partial charge in [0, 0.05) is 0 Å². The average molecular weight is 182 g/mol. The highest BCUT2D eigenvalue weighted by Gasteiger charge is 2.38. The van der Waals surface area contributed by atoms with Gasteiger partial charge >= 0.3 is 12.9 Å². The SMILES string of the molecule is O=C(O)C1CCN1C[B-](F)(F)F. The Balaban J connectivity index is 2.40. The van der Waals surface area contributed by atoms with Crippen molar-refractivity contribution in [1.82, 2.24) is 4.90 Å². The Bertz CT molecular complexity index is 196. The Morgan fingerprint density at radius 3 is 2.42 bits per heavy atom. The minimum absolute atomic E-state index is 0.234. The molecule has 0 saturated carbocycles. The third-order valence-electron chi connectivity index (χ3n) is 1.86. The van der Waals surface area contributed by atoms with E-state index in [-0.39, 0.29) is 6.54 Å². The molecule has 1 fully saturated rings. The molecule has 3 nitrogen and oxygen atoms in total. The van der Waals surface area contributed by atoms with Gasteiger partial charge in [0.1, 0.15) is 6.04 Å². The first kappa shape index (κ1) is 9.37. The standard InChI is InChI=1S/C5H8BF3NO2/c7-6(8,9)3-10-2-1-4(10)5(11)12/h4H,1-3H2,(H,11,12)/q-1. The Hall–Kier alpha value is -0.715. The van der Waals surface area contributed by atoms with Crippen LogP contribution in [0.3, 0.4) is 0 Å². The molecule has 0 aromatic rings. The van der Waals surface area contributed by atoms with E-state index >= 15 is 0 Å². The summed E-state index contributed by atoms with van der Waals surface area (Å²) in [4.78, 5) is 11.2. The maximum atomic E-state index is 11.8. The highest BCUT2D eigenvalue weighted by atomic mass is 19.4. The summed E-state index contributed by atoms with van der Waals surface area (Å²) in [6.07, 6.45) is -0.738. The van der Waals surface area contributed by atoms with Gasteiger partial charge in [-0.2, -0.15) is 0 Å². The molecule has 7 heteroatoms. The van der Waals surface area contributed by atoms with Crippen LogP contribution in [0.4, 0.5) is 12.9 Å². The van der Waals surface area contributed by atoms with Gasteiger partial charge in [-0.1, -0.05) is 0 Å². The second kappa shape index (κ2) is 2.97. The molecule has 0 aromatic carbocycles. The van der Waals surface area contributed by atoms with E-state index in [1.807, 2.05) is 0 Å². The lowest BCUT2D eigenvalue weighted by Crippen LogP contribution is -2.56. The van der Waals surface area contributed by atoms with Gasteiger partial charge in [0.25, 0.3) is 0 Å². The van der Waals surface area contributed by atoms with Crippen molar-refractivity contribution in [3.63, 3.8) is 0 Å². The lowest BCUT2D eigenvalue weighted by molar-refractivity contribution is -0.147. The molecular formula is C5H8BF3NO2-. The number of likely N-dealkylation sites (tertiary alicyclic amines) is 1. The quantitative estimate of drug-likeness (QED) is 0.647. The van der Waals surface area contributed by atoms with Crippen molar-refractivity contribution in [2.24, 2.45) is 0 Å². The average Bonchev–Trinajstić information content (AvgIpc) is 1.77. The summed E-state index contributed by atoms with van der Waals surface area (Å²) in [5.41, 5.74) is 0. The van der Waals surface area contributed by atoms with Crippen LogP contribution in [0.5, 0.6) is 0 Å². The molecule has 1 atom stereocenters. The zero-order valence-electron chi connectivity index (χ0n) is 6.21. The number of carboxylic acids is 1. The fourth-order valence-corrected chi connectivity index (χ4v) is 1.20. The summed E-state index contributed by atoms with van der Waals surface area (Å²) in [5, 5.41) is 8.40. The molecule has 1 unspecified atom stereocenters. The molecule has 1 rings (SSSR count). The van der Waals surface area contributed by atoms with Gasteiger partial charge in [0.15, 0.2) is 0 Å². The fraction of sp³-hybridized carbons (Fsp3) is 0.800. The van der Waals surface area contributed by atoms with Crippen LogP contribution in [-0.4, -0.2) is 42.0 Å². The predicted octanol–water partition coefficient (Wildman–Crippen LogP) is 0.532. The van der Waals surface area contributed by atoms with E-state index < -0.39 is 25.4 Å². The van der Waals surface area contributed by atoms with Gasteiger partial charge in [0.05, 0.1) is 0 Å². The van der Waals surface area contributed by atoms with Crippen LogP contribution in [0.1, 0.15) is 6.42 Å². The zero-order valence-corrected chi connectivity index (χ0v) is 6.21. The molecule has 1 N–H and O–H groups in total. The fourth-order valence-electron chi connectivity index (χ4n) is 1.20. The van der Waals surface area contributed by atoms with Crippen molar-refractivity contribution in [3.8, 4) is 0 Å². The van der Waals surface area contributed by atoms with Gasteiger partial charge in [-0.05, 0) is 19.4 Å². The molecule has 0 aromatic heterocycles. The summed E-state index contributed by atoms with van der Waals surface area (Å²) in [6.45, 7) is -4.66. The highest BCUT2D eigenvalue weighted by molar-refractivity contribution is 6.58. The third kappa shape index (κ3) is 2.13. The summed E-state index contributed by atoms with van der Waals surface area (Å²) in [7, 11) is 0. The van der Waals surface area contributed by atoms with Gasteiger partial charge in [-0.3, -0.25) is 4.79 Å². The Morgan fingerprint density at radius 2 is 2.17 bits per heavy atom. The maximum absolute atomic E-state index is 11.8. The number of hydrogen-bond acceptors (Lipinski definition) is 2. The van der Waals surface area contributed by atoms with E-state index in [4.69, 9.17) is 5.11 Å². The van der Waals surface area contributed by atoms with Crippen LogP contribution in [0.15, 0.2) is 0 Å². The number of rotatable bonds is 3. The van der Waals surface area contributed by atoms with E-state index in [1.54, 1.807) is 0 Å². The van der Waals surface area contributed by atoms with Gasteiger partial charge in [0.2, 0.25) is 0 Å². The molecule has 1 saturated heterocycles. The molecular weight excluding hydrogens is 174 g/mol. The van der Waals surface area contributed by atoms with Crippen LogP contribution in [0.25, 0.3) is 0 Å². The molecule has 0 spiro atoms. The van der Waals surface area contributed by atoms with Gasteiger partial charge in [-0.15, -0.1) is 0 Å². The summed E-state index contributed by atoms with van der Waals surface area (Å²) in [6, 6.07) is -0.923. The Kier molecular flexibility index (Phi) is 2.32. The number of halogens is 3. The Morgan fingerprint density at radius 1 is 1.58 bits per heavy atom. The zero-order chi connectivity index (χ0) is 9.35. The first-order valence-corrected chi connectivity index (χ1v) is 3.58. The minimum atomic E-state index is -4.89. The molecule has 1 aliphatic rings. The maximum Gasteiger partial charge on any atom is 0.492 e. The van der Waals surface area contributed by atoms with Crippen LogP contribution in [0.2, 0.25) is 0 Å². The summed E-state index contributed by atoms with van der Waals surface area (Å²) >= 11 is 0. The van der Waals surface area contributed by atoms with Gasteiger partial charge in [-0.25, -0.2) is 0 Å². The van der Waals surface area contributed by atoms with E-state index in [1.165, 1.54) is 0 Å². The van der Waals surface area contributed by atoms with E-state index in [9.17, 15) is 17.7 Å². The molecule has 1 heterocycles. The van der Waals surface area contributed by atoms with Crippen molar-refractivity contribution in [1.29, 1.82) is 0 Å². The van der Waals surface area contributed by atoms with Crippen LogP contribution < -0.4 is 0 Å². The lowest BCUT2D eigenvalue weighted by Gasteiger charge is -2.40. The topological polar surface area (TPSA) is 40.5 Å². The monoisotopic (exact) mass is 182 g/mol.